The van der Waals surface area contributed by atoms with E-state index >= 15 is 0 Å². The van der Waals surface area contributed by atoms with Crippen LogP contribution in [0.3, 0.4) is 0 Å². The molecule has 7 nitrogen and oxygen atoms in total. The number of benzene rings is 2. The van der Waals surface area contributed by atoms with E-state index in [2.05, 4.69) is 38.2 Å². The van der Waals surface area contributed by atoms with Crippen molar-refractivity contribution in [3.8, 4) is 10.4 Å². The molecule has 1 aliphatic heterocycles. The number of hydrogen-bond acceptors (Lipinski definition) is 7. The van der Waals surface area contributed by atoms with Gasteiger partial charge in [0.05, 0.1) is 4.88 Å². The number of thiazole rings is 1. The van der Waals surface area contributed by atoms with Crippen LogP contribution in [0.15, 0.2) is 60.9 Å². The first-order chi connectivity index (χ1) is 15.5. The summed E-state index contributed by atoms with van der Waals surface area (Å²) >= 11 is 1.45. The van der Waals surface area contributed by atoms with Crippen LogP contribution in [0.25, 0.3) is 21.2 Å². The van der Waals surface area contributed by atoms with E-state index in [0.29, 0.717) is 16.5 Å². The number of nitrogens with two attached hydrogens (primary N) is 1. The molecule has 8 heteroatoms. The van der Waals surface area contributed by atoms with Crippen LogP contribution in [0.2, 0.25) is 0 Å². The number of nitrogens with one attached hydrogen (secondary N) is 1. The Balaban J connectivity index is 1.31. The van der Waals surface area contributed by atoms with Crippen molar-refractivity contribution >= 4 is 44.7 Å². The van der Waals surface area contributed by atoms with E-state index < -0.39 is 0 Å². The second kappa shape index (κ2) is 8.57. The molecule has 0 spiro atoms. The van der Waals surface area contributed by atoms with Crippen LogP contribution in [0.1, 0.15) is 10.4 Å². The minimum absolute atomic E-state index is 0.173. The van der Waals surface area contributed by atoms with Crippen LogP contribution in [-0.4, -0.2) is 54.0 Å². The molecule has 0 atom stereocenters. The zero-order valence-electron chi connectivity index (χ0n) is 17.8. The van der Waals surface area contributed by atoms with Crippen molar-refractivity contribution in [2.45, 2.75) is 0 Å². The van der Waals surface area contributed by atoms with E-state index in [0.717, 1.165) is 53.1 Å². The van der Waals surface area contributed by atoms with Gasteiger partial charge >= 0.3 is 0 Å². The third-order valence-electron chi connectivity index (χ3n) is 5.77. The van der Waals surface area contributed by atoms with Gasteiger partial charge in [-0.1, -0.05) is 23.5 Å². The van der Waals surface area contributed by atoms with Crippen LogP contribution in [-0.2, 0) is 0 Å². The Hall–Kier alpha value is -3.49. The summed E-state index contributed by atoms with van der Waals surface area (Å²) in [6.45, 7) is 4.10. The molecule has 32 heavy (non-hydrogen) atoms. The summed E-state index contributed by atoms with van der Waals surface area (Å²) in [5, 5.41) is 5.45. The van der Waals surface area contributed by atoms with Crippen molar-refractivity contribution in [2.75, 3.05) is 49.2 Å². The fourth-order valence-electron chi connectivity index (χ4n) is 3.86. The van der Waals surface area contributed by atoms with E-state index in [-0.39, 0.29) is 5.91 Å². The molecule has 1 fully saturated rings. The molecule has 3 N–H and O–H groups in total. The molecule has 5 rings (SSSR count). The molecule has 1 saturated heterocycles. The minimum Gasteiger partial charge on any atom is -0.375 e. The zero-order chi connectivity index (χ0) is 22.1. The number of fused-ring (bicyclic) bond motifs is 1. The Morgan fingerprint density at radius 2 is 1.75 bits per heavy atom. The van der Waals surface area contributed by atoms with Crippen molar-refractivity contribution in [3.05, 3.63) is 66.5 Å². The van der Waals surface area contributed by atoms with E-state index in [1.165, 1.54) is 11.3 Å². The summed E-state index contributed by atoms with van der Waals surface area (Å²) in [5.41, 5.74) is 8.56. The van der Waals surface area contributed by atoms with Gasteiger partial charge < -0.3 is 20.9 Å². The smallest absolute Gasteiger partial charge is 0.256 e. The quantitative estimate of drug-likeness (QED) is 0.496. The molecule has 162 valence electrons. The molecule has 0 radical (unpaired) electrons. The van der Waals surface area contributed by atoms with Crippen LogP contribution in [0.4, 0.5) is 16.6 Å². The molecular formula is C24H24N6OS. The lowest BCUT2D eigenvalue weighted by molar-refractivity contribution is 0.102. The van der Waals surface area contributed by atoms with E-state index in [9.17, 15) is 4.79 Å². The van der Waals surface area contributed by atoms with E-state index in [1.54, 1.807) is 12.4 Å². The number of hydrogen-bond donors (Lipinski definition) is 2. The predicted molar refractivity (Wildman–Crippen MR) is 131 cm³/mol. The molecule has 0 unspecified atom stereocenters. The van der Waals surface area contributed by atoms with Gasteiger partial charge in [-0.2, -0.15) is 0 Å². The zero-order valence-corrected chi connectivity index (χ0v) is 18.6. The standard InChI is InChI=1S/C24H24N6OS/c1-29-8-10-30(11-9-29)20-6-4-16(5-7-20)23(31)28-22-13-19-12-17(2-3-18(19)14-26-22)21-15-27-24(25)32-21/h2-7,12-15H,8-11H2,1H3,(H2,25,27)(H,26,28,31). The monoisotopic (exact) mass is 444 g/mol. The number of anilines is 3. The number of nitrogens with zero attached hydrogens (tertiary/aromatic N) is 4. The first-order valence-corrected chi connectivity index (χ1v) is 11.3. The summed E-state index contributed by atoms with van der Waals surface area (Å²) in [7, 11) is 2.14. The number of amides is 1. The lowest BCUT2D eigenvalue weighted by atomic mass is 10.1. The number of pyridine rings is 1. The van der Waals surface area contributed by atoms with E-state index in [1.807, 2.05) is 42.5 Å². The first-order valence-electron chi connectivity index (χ1n) is 10.5. The van der Waals surface area contributed by atoms with Gasteiger partial charge in [-0.05, 0) is 54.4 Å². The fraction of sp³-hybridized carbons (Fsp3) is 0.208. The number of aromatic nitrogens is 2. The number of nitrogen functional groups attached to an aromatic ring is 1. The Kier molecular flexibility index (Phi) is 5.46. The Morgan fingerprint density at radius 3 is 2.47 bits per heavy atom. The average molecular weight is 445 g/mol. The molecular weight excluding hydrogens is 420 g/mol. The molecule has 4 aromatic rings. The number of rotatable bonds is 4. The highest BCUT2D eigenvalue weighted by molar-refractivity contribution is 7.18. The molecule has 1 amide bonds. The summed E-state index contributed by atoms with van der Waals surface area (Å²) in [6.07, 6.45) is 3.54. The van der Waals surface area contributed by atoms with Crippen molar-refractivity contribution in [1.82, 2.24) is 14.9 Å². The minimum atomic E-state index is -0.173. The normalized spacial score (nSPS) is 14.6. The van der Waals surface area contributed by atoms with Gasteiger partial charge in [0.2, 0.25) is 0 Å². The molecule has 1 aliphatic rings. The molecule has 2 aromatic heterocycles. The maximum atomic E-state index is 12.8. The molecule has 3 heterocycles. The summed E-state index contributed by atoms with van der Waals surface area (Å²) < 4.78 is 0. The third kappa shape index (κ3) is 4.28. The second-order valence-electron chi connectivity index (χ2n) is 7.99. The number of likely N-dealkylation sites (N-methyl/N-ethyl adjacent to an activating group) is 1. The molecule has 0 saturated carbocycles. The fourth-order valence-corrected chi connectivity index (χ4v) is 4.54. The molecule has 0 aliphatic carbocycles. The van der Waals surface area contributed by atoms with Gasteiger partial charge in [-0.15, -0.1) is 0 Å². The van der Waals surface area contributed by atoms with Gasteiger partial charge in [0.1, 0.15) is 5.82 Å². The second-order valence-corrected chi connectivity index (χ2v) is 9.05. The van der Waals surface area contributed by atoms with Gasteiger partial charge in [0.15, 0.2) is 5.13 Å². The van der Waals surface area contributed by atoms with Crippen molar-refractivity contribution in [3.63, 3.8) is 0 Å². The number of carbonyl (C=O) groups is 1. The molecule has 0 bridgehead atoms. The number of piperazine rings is 1. The highest BCUT2D eigenvalue weighted by Crippen LogP contribution is 2.30. The molecule has 2 aromatic carbocycles. The summed E-state index contributed by atoms with van der Waals surface area (Å²) in [5.74, 6) is 0.347. The van der Waals surface area contributed by atoms with Crippen molar-refractivity contribution < 1.29 is 4.79 Å². The van der Waals surface area contributed by atoms with Crippen LogP contribution >= 0.6 is 11.3 Å². The lowest BCUT2D eigenvalue weighted by Gasteiger charge is -2.34. The summed E-state index contributed by atoms with van der Waals surface area (Å²) in [4.78, 5) is 27.0. The average Bonchev–Trinajstić information content (AvgIpc) is 3.25. The largest absolute Gasteiger partial charge is 0.375 e. The van der Waals surface area contributed by atoms with Crippen LogP contribution in [0.5, 0.6) is 0 Å². The Labute approximate surface area is 190 Å². The van der Waals surface area contributed by atoms with Gasteiger partial charge in [-0.25, -0.2) is 9.97 Å². The Bertz CT molecular complexity index is 1260. The van der Waals surface area contributed by atoms with E-state index in [4.69, 9.17) is 5.73 Å². The van der Waals surface area contributed by atoms with Crippen molar-refractivity contribution in [2.24, 2.45) is 0 Å². The first kappa shape index (κ1) is 20.4. The van der Waals surface area contributed by atoms with Gasteiger partial charge in [0.25, 0.3) is 5.91 Å². The van der Waals surface area contributed by atoms with Crippen LogP contribution in [0, 0.1) is 0 Å². The van der Waals surface area contributed by atoms with Crippen molar-refractivity contribution in [1.29, 1.82) is 0 Å². The van der Waals surface area contributed by atoms with Crippen LogP contribution < -0.4 is 16.0 Å². The van der Waals surface area contributed by atoms with Gasteiger partial charge in [-0.3, -0.25) is 4.79 Å². The predicted octanol–water partition coefficient (Wildman–Crippen LogP) is 3.94. The maximum Gasteiger partial charge on any atom is 0.256 e. The highest BCUT2D eigenvalue weighted by atomic mass is 32.1. The SMILES string of the molecule is CN1CCN(c2ccc(C(=O)Nc3cc4cc(-c5cnc(N)s5)ccc4cn3)cc2)CC1. The Morgan fingerprint density at radius 1 is 0.969 bits per heavy atom. The topological polar surface area (TPSA) is 87.4 Å². The maximum absolute atomic E-state index is 12.8. The third-order valence-corrected chi connectivity index (χ3v) is 6.64. The van der Waals surface area contributed by atoms with Gasteiger partial charge in [0, 0.05) is 55.2 Å². The highest BCUT2D eigenvalue weighted by Gasteiger charge is 2.15. The summed E-state index contributed by atoms with van der Waals surface area (Å²) in [6, 6.07) is 15.8. The number of carbonyl (C=O) groups excluding carboxylic acids is 1. The lowest BCUT2D eigenvalue weighted by Crippen LogP contribution is -2.44.